The average molecular weight is 276 g/mol. The highest BCUT2D eigenvalue weighted by atomic mass is 16.3. The summed E-state index contributed by atoms with van der Waals surface area (Å²) < 4.78 is 6.12. The summed E-state index contributed by atoms with van der Waals surface area (Å²) in [5.41, 5.74) is 6.04. The van der Waals surface area contributed by atoms with Crippen molar-refractivity contribution in [3.05, 3.63) is 23.7 Å². The van der Waals surface area contributed by atoms with E-state index in [0.717, 1.165) is 11.7 Å². The Kier molecular flexibility index (Phi) is 4.18. The number of hydrogen-bond donors (Lipinski definition) is 1. The van der Waals surface area contributed by atoms with Crippen LogP contribution < -0.4 is 5.73 Å². The predicted molar refractivity (Wildman–Crippen MR) is 81.7 cm³/mol. The first-order valence-corrected chi connectivity index (χ1v) is 8.22. The molecule has 2 aliphatic carbocycles. The van der Waals surface area contributed by atoms with Crippen LogP contribution in [0.15, 0.2) is 16.5 Å². The molecule has 1 aromatic rings. The fourth-order valence-corrected chi connectivity index (χ4v) is 3.69. The largest absolute Gasteiger partial charge is 0.464 e. The minimum Gasteiger partial charge on any atom is -0.464 e. The number of hydrogen-bond acceptors (Lipinski definition) is 3. The Morgan fingerprint density at radius 2 is 2.00 bits per heavy atom. The molecule has 112 valence electrons. The number of furan rings is 1. The summed E-state index contributed by atoms with van der Waals surface area (Å²) in [6, 6.07) is 5.23. The number of rotatable bonds is 5. The summed E-state index contributed by atoms with van der Waals surface area (Å²) in [4.78, 5) is 2.46. The first-order valence-electron chi connectivity index (χ1n) is 8.22. The SMILES string of the molecule is CC1CC1c1ccc(C(CN)N(C)C2CCCCC2)o1. The standard InChI is InChI=1S/C17H28N2O/c1-12-10-14(12)16-8-9-17(20-16)15(11-18)19(2)13-6-4-3-5-7-13/h8-9,12-15H,3-7,10-11,18H2,1-2H3. The summed E-state index contributed by atoms with van der Waals surface area (Å²) >= 11 is 0. The van der Waals surface area contributed by atoms with Crippen molar-refractivity contribution in [2.75, 3.05) is 13.6 Å². The van der Waals surface area contributed by atoms with Crippen LogP contribution in [0.2, 0.25) is 0 Å². The van der Waals surface area contributed by atoms with Crippen LogP contribution >= 0.6 is 0 Å². The van der Waals surface area contributed by atoms with Crippen molar-refractivity contribution in [1.29, 1.82) is 0 Å². The number of likely N-dealkylation sites (N-methyl/N-ethyl adjacent to an activating group) is 1. The minimum atomic E-state index is 0.237. The zero-order valence-electron chi connectivity index (χ0n) is 12.8. The number of nitrogens with zero attached hydrogens (tertiary/aromatic N) is 1. The summed E-state index contributed by atoms with van der Waals surface area (Å²) in [6.45, 7) is 2.93. The molecule has 0 amide bonds. The Hall–Kier alpha value is -0.800. The van der Waals surface area contributed by atoms with Crippen molar-refractivity contribution >= 4 is 0 Å². The maximum Gasteiger partial charge on any atom is 0.122 e. The van der Waals surface area contributed by atoms with Gasteiger partial charge >= 0.3 is 0 Å². The molecular formula is C17H28N2O. The lowest BCUT2D eigenvalue weighted by Crippen LogP contribution is -2.39. The van der Waals surface area contributed by atoms with E-state index in [-0.39, 0.29) is 6.04 Å². The summed E-state index contributed by atoms with van der Waals surface area (Å²) in [5, 5.41) is 0. The van der Waals surface area contributed by atoms with Gasteiger partial charge in [0, 0.05) is 18.5 Å². The van der Waals surface area contributed by atoms with Crippen molar-refractivity contribution in [2.45, 2.75) is 63.5 Å². The molecule has 3 unspecified atom stereocenters. The first-order chi connectivity index (χ1) is 9.70. The fraction of sp³-hybridized carbons (Fsp3) is 0.765. The Labute approximate surface area is 122 Å². The van der Waals surface area contributed by atoms with Crippen LogP contribution in [0.5, 0.6) is 0 Å². The van der Waals surface area contributed by atoms with Crippen molar-refractivity contribution in [3.8, 4) is 0 Å². The van der Waals surface area contributed by atoms with E-state index < -0.39 is 0 Å². The molecule has 0 bridgehead atoms. The molecule has 1 aromatic heterocycles. The van der Waals surface area contributed by atoms with Gasteiger partial charge in [-0.1, -0.05) is 26.2 Å². The Morgan fingerprint density at radius 1 is 1.30 bits per heavy atom. The van der Waals surface area contributed by atoms with E-state index >= 15 is 0 Å². The summed E-state index contributed by atoms with van der Waals surface area (Å²) in [6.07, 6.45) is 7.99. The topological polar surface area (TPSA) is 42.4 Å². The molecular weight excluding hydrogens is 248 g/mol. The van der Waals surface area contributed by atoms with Gasteiger partial charge in [-0.05, 0) is 44.4 Å². The van der Waals surface area contributed by atoms with Gasteiger partial charge in [-0.25, -0.2) is 0 Å². The Bertz CT molecular complexity index is 436. The molecule has 2 fully saturated rings. The van der Waals surface area contributed by atoms with Gasteiger partial charge in [-0.2, -0.15) is 0 Å². The van der Waals surface area contributed by atoms with Crippen LogP contribution in [0.3, 0.4) is 0 Å². The van der Waals surface area contributed by atoms with Gasteiger partial charge in [0.1, 0.15) is 11.5 Å². The molecule has 0 spiro atoms. The second-order valence-electron chi connectivity index (χ2n) is 6.77. The number of nitrogens with two attached hydrogens (primary N) is 1. The molecule has 0 radical (unpaired) electrons. The Morgan fingerprint density at radius 3 is 2.60 bits per heavy atom. The van der Waals surface area contributed by atoms with Gasteiger partial charge in [0.05, 0.1) is 6.04 Å². The van der Waals surface area contributed by atoms with E-state index in [0.29, 0.717) is 18.5 Å². The van der Waals surface area contributed by atoms with E-state index in [1.54, 1.807) is 0 Å². The predicted octanol–water partition coefficient (Wildman–Crippen LogP) is 3.67. The third-order valence-corrected chi connectivity index (χ3v) is 5.32. The van der Waals surface area contributed by atoms with Gasteiger partial charge in [0.15, 0.2) is 0 Å². The van der Waals surface area contributed by atoms with E-state index in [2.05, 4.69) is 31.0 Å². The third kappa shape index (κ3) is 2.79. The van der Waals surface area contributed by atoms with Crippen molar-refractivity contribution < 1.29 is 4.42 Å². The fourth-order valence-electron chi connectivity index (χ4n) is 3.69. The molecule has 3 heteroatoms. The lowest BCUT2D eigenvalue weighted by atomic mass is 9.93. The molecule has 3 atom stereocenters. The normalized spacial score (nSPS) is 28.8. The van der Waals surface area contributed by atoms with Gasteiger partial charge < -0.3 is 10.2 Å². The molecule has 1 heterocycles. The Balaban J connectivity index is 1.69. The van der Waals surface area contributed by atoms with Crippen LogP contribution in [0.4, 0.5) is 0 Å². The lowest BCUT2D eigenvalue weighted by Gasteiger charge is -2.35. The molecule has 3 nitrogen and oxygen atoms in total. The van der Waals surface area contributed by atoms with Gasteiger partial charge in [0.2, 0.25) is 0 Å². The highest BCUT2D eigenvalue weighted by molar-refractivity contribution is 5.19. The highest BCUT2D eigenvalue weighted by Crippen LogP contribution is 2.47. The first kappa shape index (κ1) is 14.2. The van der Waals surface area contributed by atoms with Crippen molar-refractivity contribution in [3.63, 3.8) is 0 Å². The van der Waals surface area contributed by atoms with E-state index in [1.165, 1.54) is 44.3 Å². The maximum absolute atomic E-state index is 6.12. The molecule has 2 saturated carbocycles. The zero-order valence-corrected chi connectivity index (χ0v) is 12.8. The van der Waals surface area contributed by atoms with Crippen LogP contribution in [-0.4, -0.2) is 24.5 Å². The van der Waals surface area contributed by atoms with Crippen LogP contribution in [-0.2, 0) is 0 Å². The van der Waals surface area contributed by atoms with E-state index in [1.807, 2.05) is 0 Å². The highest BCUT2D eigenvalue weighted by Gasteiger charge is 2.37. The van der Waals surface area contributed by atoms with Crippen molar-refractivity contribution in [1.82, 2.24) is 4.90 Å². The molecule has 20 heavy (non-hydrogen) atoms. The molecule has 3 rings (SSSR count). The molecule has 0 saturated heterocycles. The molecule has 2 N–H and O–H groups in total. The van der Waals surface area contributed by atoms with E-state index in [9.17, 15) is 0 Å². The third-order valence-electron chi connectivity index (χ3n) is 5.32. The molecule has 0 aromatic carbocycles. The zero-order chi connectivity index (χ0) is 14.1. The van der Waals surface area contributed by atoms with Crippen LogP contribution in [0, 0.1) is 5.92 Å². The average Bonchev–Trinajstić information content (AvgIpc) is 3.02. The van der Waals surface area contributed by atoms with Gasteiger partial charge in [-0.3, -0.25) is 4.90 Å². The lowest BCUT2D eigenvalue weighted by molar-refractivity contribution is 0.125. The minimum absolute atomic E-state index is 0.237. The summed E-state index contributed by atoms with van der Waals surface area (Å²) in [5.74, 6) is 3.68. The van der Waals surface area contributed by atoms with E-state index in [4.69, 9.17) is 10.2 Å². The monoisotopic (exact) mass is 276 g/mol. The summed E-state index contributed by atoms with van der Waals surface area (Å²) in [7, 11) is 2.22. The molecule has 2 aliphatic rings. The van der Waals surface area contributed by atoms with Crippen LogP contribution in [0.1, 0.15) is 68.9 Å². The van der Waals surface area contributed by atoms with Gasteiger partial charge in [-0.15, -0.1) is 0 Å². The second-order valence-corrected chi connectivity index (χ2v) is 6.77. The quantitative estimate of drug-likeness (QED) is 0.892. The smallest absolute Gasteiger partial charge is 0.122 e. The maximum atomic E-state index is 6.12. The van der Waals surface area contributed by atoms with Crippen molar-refractivity contribution in [2.24, 2.45) is 11.7 Å². The van der Waals surface area contributed by atoms with Gasteiger partial charge in [0.25, 0.3) is 0 Å². The molecule has 0 aliphatic heterocycles. The second kappa shape index (κ2) is 5.90. The van der Waals surface area contributed by atoms with Crippen LogP contribution in [0.25, 0.3) is 0 Å².